The molecule has 0 aromatic carbocycles. The standard InChI is InChI=1S/C15H24N4O3.ClH/c1-9-13(16-7-8-21-9)14(20)18-12-5-3-11(4-6-12)15-17-10(2)19-22-15;/h9,11-13,16H,3-8H2,1-2H3,(H,18,20);1H/t9-,11?,12?,13+;/m1./s1. The summed E-state index contributed by atoms with van der Waals surface area (Å²) < 4.78 is 10.8. The predicted octanol–water partition coefficient (Wildman–Crippen LogP) is 1.32. The number of nitrogens with zero attached hydrogens (tertiary/aromatic N) is 2. The van der Waals surface area contributed by atoms with Gasteiger partial charge >= 0.3 is 0 Å². The van der Waals surface area contributed by atoms with E-state index in [1.54, 1.807) is 0 Å². The first kappa shape index (κ1) is 18.2. The van der Waals surface area contributed by atoms with Crippen molar-refractivity contribution in [3.05, 3.63) is 11.7 Å². The van der Waals surface area contributed by atoms with Crippen molar-refractivity contribution in [2.45, 2.75) is 63.6 Å². The Morgan fingerprint density at radius 3 is 2.65 bits per heavy atom. The van der Waals surface area contributed by atoms with Gasteiger partial charge in [-0.1, -0.05) is 5.16 Å². The summed E-state index contributed by atoms with van der Waals surface area (Å²) in [6.45, 7) is 5.16. The van der Waals surface area contributed by atoms with Crippen molar-refractivity contribution >= 4 is 18.3 Å². The second-order valence-electron chi connectivity index (χ2n) is 6.24. The van der Waals surface area contributed by atoms with Crippen LogP contribution >= 0.6 is 12.4 Å². The smallest absolute Gasteiger partial charge is 0.240 e. The number of aromatic nitrogens is 2. The molecule has 1 aliphatic carbocycles. The Kier molecular flexibility index (Phi) is 6.38. The van der Waals surface area contributed by atoms with Crippen LogP contribution in [0.1, 0.15) is 50.2 Å². The maximum absolute atomic E-state index is 12.3. The minimum absolute atomic E-state index is 0. The summed E-state index contributed by atoms with van der Waals surface area (Å²) in [6.07, 6.45) is 3.75. The van der Waals surface area contributed by atoms with Gasteiger partial charge in [-0.15, -0.1) is 12.4 Å². The molecule has 1 aromatic heterocycles. The summed E-state index contributed by atoms with van der Waals surface area (Å²) in [6, 6.07) is -0.0197. The van der Waals surface area contributed by atoms with Gasteiger partial charge in [0.05, 0.1) is 12.7 Å². The topological polar surface area (TPSA) is 89.3 Å². The van der Waals surface area contributed by atoms with Gasteiger partial charge in [0.2, 0.25) is 11.8 Å². The molecule has 2 atom stereocenters. The molecular formula is C15H25ClN4O3. The molecule has 23 heavy (non-hydrogen) atoms. The Morgan fingerprint density at radius 1 is 1.30 bits per heavy atom. The molecule has 2 aliphatic rings. The van der Waals surface area contributed by atoms with E-state index in [4.69, 9.17) is 9.26 Å². The van der Waals surface area contributed by atoms with Crippen LogP contribution in [0.25, 0.3) is 0 Å². The molecule has 2 N–H and O–H groups in total. The van der Waals surface area contributed by atoms with E-state index in [2.05, 4.69) is 20.8 Å². The summed E-state index contributed by atoms with van der Waals surface area (Å²) in [5.41, 5.74) is 0. The number of hydrogen-bond donors (Lipinski definition) is 2. The van der Waals surface area contributed by atoms with Gasteiger partial charge < -0.3 is 19.9 Å². The molecule has 0 bridgehead atoms. The quantitative estimate of drug-likeness (QED) is 0.859. The third kappa shape index (κ3) is 4.43. The number of ether oxygens (including phenoxy) is 1. The van der Waals surface area contributed by atoms with Gasteiger partial charge in [0, 0.05) is 18.5 Å². The van der Waals surface area contributed by atoms with Crippen LogP contribution in [0.5, 0.6) is 0 Å². The molecule has 2 heterocycles. The molecule has 1 saturated heterocycles. The number of morpholine rings is 1. The number of rotatable bonds is 3. The van der Waals surface area contributed by atoms with Crippen molar-refractivity contribution in [2.24, 2.45) is 0 Å². The van der Waals surface area contributed by atoms with Gasteiger partial charge in [0.25, 0.3) is 0 Å². The highest BCUT2D eigenvalue weighted by molar-refractivity contribution is 5.85. The van der Waals surface area contributed by atoms with Crippen molar-refractivity contribution in [2.75, 3.05) is 13.2 Å². The van der Waals surface area contributed by atoms with Crippen molar-refractivity contribution in [3.8, 4) is 0 Å². The lowest BCUT2D eigenvalue weighted by molar-refractivity contribution is -0.129. The van der Waals surface area contributed by atoms with Crippen LogP contribution < -0.4 is 10.6 Å². The van der Waals surface area contributed by atoms with Crippen LogP contribution in [-0.2, 0) is 9.53 Å². The predicted molar refractivity (Wildman–Crippen MR) is 86.6 cm³/mol. The van der Waals surface area contributed by atoms with Gasteiger partial charge in [-0.2, -0.15) is 4.98 Å². The lowest BCUT2D eigenvalue weighted by Gasteiger charge is -2.32. The lowest BCUT2D eigenvalue weighted by atomic mass is 9.85. The summed E-state index contributed by atoms with van der Waals surface area (Å²) in [5.74, 6) is 1.79. The average Bonchev–Trinajstić information content (AvgIpc) is 2.95. The highest BCUT2D eigenvalue weighted by atomic mass is 35.5. The molecular weight excluding hydrogens is 320 g/mol. The van der Waals surface area contributed by atoms with E-state index in [1.807, 2.05) is 13.8 Å². The Balaban J connectivity index is 0.00000192. The van der Waals surface area contributed by atoms with Crippen LogP contribution in [0.4, 0.5) is 0 Å². The molecule has 0 spiro atoms. The van der Waals surface area contributed by atoms with Crippen molar-refractivity contribution in [1.82, 2.24) is 20.8 Å². The van der Waals surface area contributed by atoms with Crippen LogP contribution in [0, 0.1) is 6.92 Å². The number of amides is 1. The summed E-state index contributed by atoms with van der Waals surface area (Å²) in [4.78, 5) is 16.6. The zero-order valence-corrected chi connectivity index (χ0v) is 14.4. The average molecular weight is 345 g/mol. The first-order valence-electron chi connectivity index (χ1n) is 8.09. The normalized spacial score (nSPS) is 31.2. The molecule has 8 heteroatoms. The van der Waals surface area contributed by atoms with Crippen LogP contribution in [0.2, 0.25) is 0 Å². The van der Waals surface area contributed by atoms with Gasteiger partial charge in [-0.05, 0) is 39.5 Å². The monoisotopic (exact) mass is 344 g/mol. The van der Waals surface area contributed by atoms with E-state index < -0.39 is 0 Å². The Labute approximate surface area is 142 Å². The second kappa shape index (κ2) is 8.08. The SMILES string of the molecule is Cc1noc(C2CCC(NC(=O)[C@H]3NCCO[C@@H]3C)CC2)n1.Cl. The van der Waals surface area contributed by atoms with E-state index in [9.17, 15) is 4.79 Å². The highest BCUT2D eigenvalue weighted by Crippen LogP contribution is 2.31. The van der Waals surface area contributed by atoms with Crippen molar-refractivity contribution in [1.29, 1.82) is 0 Å². The van der Waals surface area contributed by atoms with E-state index >= 15 is 0 Å². The van der Waals surface area contributed by atoms with Crippen molar-refractivity contribution in [3.63, 3.8) is 0 Å². The van der Waals surface area contributed by atoms with Crippen LogP contribution in [0.15, 0.2) is 4.52 Å². The third-order valence-electron chi connectivity index (χ3n) is 4.57. The number of halogens is 1. The largest absolute Gasteiger partial charge is 0.375 e. The first-order chi connectivity index (χ1) is 10.6. The van der Waals surface area contributed by atoms with E-state index in [0.717, 1.165) is 38.1 Å². The number of hydrogen-bond acceptors (Lipinski definition) is 6. The van der Waals surface area contributed by atoms with Crippen LogP contribution in [-0.4, -0.2) is 47.4 Å². The van der Waals surface area contributed by atoms with Gasteiger partial charge in [0.1, 0.15) is 6.04 Å². The summed E-state index contributed by atoms with van der Waals surface area (Å²) in [7, 11) is 0. The number of carbonyl (C=O) groups is 1. The minimum Gasteiger partial charge on any atom is -0.375 e. The van der Waals surface area contributed by atoms with E-state index in [-0.39, 0.29) is 36.5 Å². The molecule has 0 radical (unpaired) electrons. The van der Waals surface area contributed by atoms with Crippen LogP contribution in [0.3, 0.4) is 0 Å². The highest BCUT2D eigenvalue weighted by Gasteiger charge is 2.32. The minimum atomic E-state index is -0.245. The molecule has 0 unspecified atom stereocenters. The molecule has 1 aliphatic heterocycles. The Bertz CT molecular complexity index is 517. The number of nitrogens with one attached hydrogen (secondary N) is 2. The third-order valence-corrected chi connectivity index (χ3v) is 4.57. The number of carbonyl (C=O) groups excluding carboxylic acids is 1. The van der Waals surface area contributed by atoms with Crippen molar-refractivity contribution < 1.29 is 14.1 Å². The van der Waals surface area contributed by atoms with Gasteiger partial charge in [-0.25, -0.2) is 0 Å². The zero-order valence-electron chi connectivity index (χ0n) is 13.6. The zero-order chi connectivity index (χ0) is 15.5. The molecule has 130 valence electrons. The fourth-order valence-electron chi connectivity index (χ4n) is 3.28. The van der Waals surface area contributed by atoms with Gasteiger partial charge in [-0.3, -0.25) is 4.79 Å². The van der Waals surface area contributed by atoms with Gasteiger partial charge in [0.15, 0.2) is 5.82 Å². The molecule has 7 nitrogen and oxygen atoms in total. The number of aryl methyl sites for hydroxylation is 1. The summed E-state index contributed by atoms with van der Waals surface area (Å²) >= 11 is 0. The molecule has 1 saturated carbocycles. The molecule has 3 rings (SSSR count). The Hall–Kier alpha value is -1.18. The van der Waals surface area contributed by atoms with E-state index in [0.29, 0.717) is 18.3 Å². The van der Waals surface area contributed by atoms with E-state index in [1.165, 1.54) is 0 Å². The maximum atomic E-state index is 12.3. The fourth-order valence-corrected chi connectivity index (χ4v) is 3.28. The molecule has 1 amide bonds. The summed E-state index contributed by atoms with van der Waals surface area (Å²) in [5, 5.41) is 10.2. The lowest BCUT2D eigenvalue weighted by Crippen LogP contribution is -2.57. The first-order valence-corrected chi connectivity index (χ1v) is 8.09. The molecule has 2 fully saturated rings. The maximum Gasteiger partial charge on any atom is 0.240 e. The Morgan fingerprint density at radius 2 is 2.04 bits per heavy atom. The second-order valence-corrected chi connectivity index (χ2v) is 6.24. The molecule has 1 aromatic rings. The fraction of sp³-hybridized carbons (Fsp3) is 0.800.